The van der Waals surface area contributed by atoms with Crippen LogP contribution in [0, 0.1) is 0 Å². The van der Waals surface area contributed by atoms with Crippen molar-refractivity contribution in [1.29, 1.82) is 0 Å². The predicted molar refractivity (Wildman–Crippen MR) is 57.1 cm³/mol. The van der Waals surface area contributed by atoms with Gasteiger partial charge in [0.15, 0.2) is 0 Å². The van der Waals surface area contributed by atoms with Crippen molar-refractivity contribution >= 4 is 21.6 Å². The van der Waals surface area contributed by atoms with Gasteiger partial charge in [0.25, 0.3) is 0 Å². The molecule has 1 aliphatic rings. The molecule has 1 aliphatic carbocycles. The number of fused-ring (bicyclic) bond motifs is 1. The molecule has 1 fully saturated rings. The van der Waals surface area contributed by atoms with Gasteiger partial charge in [-0.25, -0.2) is 9.97 Å². The number of rotatable bonds is 1. The summed E-state index contributed by atoms with van der Waals surface area (Å²) < 4.78 is 1.16. The first-order valence-electron chi connectivity index (χ1n) is 4.77. The van der Waals surface area contributed by atoms with Gasteiger partial charge < -0.3 is 5.73 Å². The van der Waals surface area contributed by atoms with Crippen LogP contribution in [-0.2, 0) is 5.54 Å². The number of aromatic nitrogens is 2. The van der Waals surface area contributed by atoms with E-state index < -0.39 is 0 Å². The second-order valence-corrected chi connectivity index (χ2v) is 4.78. The van der Waals surface area contributed by atoms with Crippen LogP contribution < -0.4 is 5.73 Å². The first-order valence-corrected chi connectivity index (χ1v) is 5.65. The Labute approximate surface area is 86.0 Å². The van der Waals surface area contributed by atoms with Gasteiger partial charge in [0.2, 0.25) is 0 Å². The van der Waals surface area contributed by atoms with Crippen molar-refractivity contribution in [1.82, 2.24) is 9.97 Å². The summed E-state index contributed by atoms with van der Waals surface area (Å²) in [6, 6.07) is 2.02. The Bertz CT molecular complexity index is 473. The lowest BCUT2D eigenvalue weighted by atomic mass is 9.75. The molecule has 0 spiro atoms. The van der Waals surface area contributed by atoms with E-state index >= 15 is 0 Å². The van der Waals surface area contributed by atoms with E-state index in [1.807, 2.05) is 11.4 Å². The maximum Gasteiger partial charge on any atom is 0.116 e. The number of hydrogen-bond acceptors (Lipinski definition) is 4. The van der Waals surface area contributed by atoms with Crippen molar-refractivity contribution < 1.29 is 0 Å². The summed E-state index contributed by atoms with van der Waals surface area (Å²) in [5.41, 5.74) is 8.16. The SMILES string of the molecule is NC1(c2ncnc3ccsc23)CCC1. The predicted octanol–water partition coefficient (Wildman–Crippen LogP) is 2.03. The van der Waals surface area contributed by atoms with E-state index in [0.29, 0.717) is 0 Å². The molecule has 0 saturated heterocycles. The highest BCUT2D eigenvalue weighted by Crippen LogP contribution is 2.41. The van der Waals surface area contributed by atoms with E-state index in [-0.39, 0.29) is 5.54 Å². The number of nitrogens with two attached hydrogens (primary N) is 1. The fourth-order valence-corrected chi connectivity index (χ4v) is 2.88. The minimum atomic E-state index is -0.175. The Balaban J connectivity index is 2.24. The molecule has 72 valence electrons. The highest BCUT2D eigenvalue weighted by atomic mass is 32.1. The van der Waals surface area contributed by atoms with Crippen LogP contribution in [0.4, 0.5) is 0 Å². The van der Waals surface area contributed by atoms with Crippen molar-refractivity contribution in [3.63, 3.8) is 0 Å². The number of thiophene rings is 1. The third kappa shape index (κ3) is 1.01. The van der Waals surface area contributed by atoms with E-state index in [2.05, 4.69) is 9.97 Å². The van der Waals surface area contributed by atoms with Gasteiger partial charge in [0.05, 0.1) is 21.4 Å². The van der Waals surface area contributed by atoms with E-state index in [9.17, 15) is 0 Å². The van der Waals surface area contributed by atoms with Gasteiger partial charge in [-0.05, 0) is 30.7 Å². The molecule has 0 unspecified atom stereocenters. The highest BCUT2D eigenvalue weighted by Gasteiger charge is 2.37. The number of nitrogens with zero attached hydrogens (tertiary/aromatic N) is 2. The van der Waals surface area contributed by atoms with Crippen molar-refractivity contribution in [2.24, 2.45) is 5.73 Å². The summed E-state index contributed by atoms with van der Waals surface area (Å²) in [5.74, 6) is 0. The molecular formula is C10H11N3S. The van der Waals surface area contributed by atoms with E-state index in [0.717, 1.165) is 28.8 Å². The largest absolute Gasteiger partial charge is 0.320 e. The van der Waals surface area contributed by atoms with Gasteiger partial charge in [-0.1, -0.05) is 0 Å². The van der Waals surface area contributed by atoms with Gasteiger partial charge in [-0.15, -0.1) is 11.3 Å². The van der Waals surface area contributed by atoms with Crippen molar-refractivity contribution in [3.05, 3.63) is 23.5 Å². The minimum absolute atomic E-state index is 0.175. The maximum atomic E-state index is 6.27. The Hall–Kier alpha value is -1.000. The molecule has 0 atom stereocenters. The molecule has 0 amide bonds. The average molecular weight is 205 g/mol. The zero-order chi connectivity index (χ0) is 9.60. The molecule has 3 nitrogen and oxygen atoms in total. The van der Waals surface area contributed by atoms with E-state index in [4.69, 9.17) is 5.73 Å². The summed E-state index contributed by atoms with van der Waals surface area (Å²) >= 11 is 1.69. The monoisotopic (exact) mass is 205 g/mol. The van der Waals surface area contributed by atoms with Crippen molar-refractivity contribution in [3.8, 4) is 0 Å². The third-order valence-electron chi connectivity index (χ3n) is 2.96. The van der Waals surface area contributed by atoms with E-state index in [1.54, 1.807) is 17.7 Å². The molecule has 2 aromatic rings. The van der Waals surface area contributed by atoms with Crippen LogP contribution in [-0.4, -0.2) is 9.97 Å². The molecule has 1 saturated carbocycles. The normalized spacial score (nSPS) is 19.5. The van der Waals surface area contributed by atoms with Gasteiger partial charge in [-0.3, -0.25) is 0 Å². The Morgan fingerprint density at radius 3 is 2.93 bits per heavy atom. The molecule has 2 heterocycles. The van der Waals surface area contributed by atoms with Crippen LogP contribution in [0.2, 0.25) is 0 Å². The highest BCUT2D eigenvalue weighted by molar-refractivity contribution is 7.17. The van der Waals surface area contributed by atoms with Crippen LogP contribution in [0.15, 0.2) is 17.8 Å². The molecule has 0 radical (unpaired) electrons. The molecule has 4 heteroatoms. The first kappa shape index (κ1) is 8.32. The second-order valence-electron chi connectivity index (χ2n) is 3.87. The molecule has 2 aromatic heterocycles. The summed E-state index contributed by atoms with van der Waals surface area (Å²) in [6.45, 7) is 0. The second kappa shape index (κ2) is 2.74. The lowest BCUT2D eigenvalue weighted by Crippen LogP contribution is -2.44. The van der Waals surface area contributed by atoms with Crippen LogP contribution in [0.5, 0.6) is 0 Å². The van der Waals surface area contributed by atoms with Crippen LogP contribution in [0.1, 0.15) is 25.0 Å². The van der Waals surface area contributed by atoms with Crippen LogP contribution in [0.3, 0.4) is 0 Å². The Morgan fingerprint density at radius 2 is 2.21 bits per heavy atom. The minimum Gasteiger partial charge on any atom is -0.320 e. The molecule has 0 aliphatic heterocycles. The standard InChI is InChI=1S/C10H11N3S/c11-10(3-1-4-10)9-8-7(2-5-14-8)12-6-13-9/h2,5-6H,1,3-4,11H2. The van der Waals surface area contributed by atoms with E-state index in [1.165, 1.54) is 6.42 Å². The molecule has 14 heavy (non-hydrogen) atoms. The fourth-order valence-electron chi connectivity index (χ4n) is 1.94. The zero-order valence-corrected chi connectivity index (χ0v) is 8.55. The van der Waals surface area contributed by atoms with Crippen molar-refractivity contribution in [2.45, 2.75) is 24.8 Å². The molecule has 3 rings (SSSR count). The Morgan fingerprint density at radius 1 is 1.36 bits per heavy atom. The van der Waals surface area contributed by atoms with Gasteiger partial charge in [0.1, 0.15) is 6.33 Å². The maximum absolute atomic E-state index is 6.27. The van der Waals surface area contributed by atoms with Crippen molar-refractivity contribution in [2.75, 3.05) is 0 Å². The Kier molecular flexibility index (Phi) is 1.63. The van der Waals surface area contributed by atoms with Gasteiger partial charge in [-0.2, -0.15) is 0 Å². The zero-order valence-electron chi connectivity index (χ0n) is 7.73. The van der Waals surface area contributed by atoms with Crippen LogP contribution >= 0.6 is 11.3 Å². The average Bonchev–Trinajstić information content (AvgIpc) is 2.61. The fraction of sp³-hybridized carbons (Fsp3) is 0.400. The van der Waals surface area contributed by atoms with Crippen LogP contribution in [0.25, 0.3) is 10.2 Å². The summed E-state index contributed by atoms with van der Waals surface area (Å²) in [7, 11) is 0. The van der Waals surface area contributed by atoms with Gasteiger partial charge >= 0.3 is 0 Å². The lowest BCUT2D eigenvalue weighted by Gasteiger charge is -2.37. The number of hydrogen-bond donors (Lipinski definition) is 1. The molecule has 0 aromatic carbocycles. The smallest absolute Gasteiger partial charge is 0.116 e. The molecular weight excluding hydrogens is 194 g/mol. The van der Waals surface area contributed by atoms with Gasteiger partial charge in [0, 0.05) is 0 Å². The first-order chi connectivity index (χ1) is 6.80. The summed E-state index contributed by atoms with van der Waals surface area (Å²) in [6.07, 6.45) is 4.94. The summed E-state index contributed by atoms with van der Waals surface area (Å²) in [4.78, 5) is 8.56. The lowest BCUT2D eigenvalue weighted by molar-refractivity contribution is 0.249. The molecule has 0 bridgehead atoms. The molecule has 2 N–H and O–H groups in total. The quantitative estimate of drug-likeness (QED) is 0.775. The summed E-state index contributed by atoms with van der Waals surface area (Å²) in [5, 5.41) is 2.05. The topological polar surface area (TPSA) is 51.8 Å². The third-order valence-corrected chi connectivity index (χ3v) is 3.87.